The van der Waals surface area contributed by atoms with Crippen molar-refractivity contribution in [3.8, 4) is 0 Å². The zero-order chi connectivity index (χ0) is 32.5. The van der Waals surface area contributed by atoms with Crippen molar-refractivity contribution in [1.82, 2.24) is 19.9 Å². The molecule has 0 unspecified atom stereocenters. The summed E-state index contributed by atoms with van der Waals surface area (Å²) in [4.78, 5) is 52.4. The lowest BCUT2D eigenvalue weighted by molar-refractivity contribution is -0.132. The SMILES string of the molecule is Nc1nc(CC(=O)Nc2nc(CC(=O)Nc3ccc(CCN(C[C@H](O)c4ccccc4)C(=O)Cc4csc(N)n4)cc3)cs2)cs1. The molecule has 3 amide bonds. The molecule has 0 aliphatic carbocycles. The van der Waals surface area contributed by atoms with Crippen LogP contribution in [0.2, 0.25) is 0 Å². The highest BCUT2D eigenvalue weighted by atomic mass is 32.1. The molecule has 0 aliphatic rings. The molecule has 5 rings (SSSR count). The van der Waals surface area contributed by atoms with Gasteiger partial charge in [-0.05, 0) is 29.7 Å². The molecule has 238 valence electrons. The number of hydrogen-bond acceptors (Lipinski definition) is 12. The van der Waals surface area contributed by atoms with Crippen LogP contribution in [0, 0.1) is 0 Å². The van der Waals surface area contributed by atoms with Crippen molar-refractivity contribution in [3.05, 3.63) is 98.9 Å². The molecule has 0 radical (unpaired) electrons. The number of aromatic nitrogens is 3. The predicted octanol–water partition coefficient (Wildman–Crippen LogP) is 3.93. The fraction of sp³-hybridized carbons (Fsp3) is 0.226. The molecular formula is C31H32N8O4S3. The zero-order valence-corrected chi connectivity index (χ0v) is 27.0. The number of nitrogens with zero attached hydrogens (tertiary/aromatic N) is 4. The molecule has 7 N–H and O–H groups in total. The summed E-state index contributed by atoms with van der Waals surface area (Å²) in [6, 6.07) is 16.6. The van der Waals surface area contributed by atoms with E-state index in [4.69, 9.17) is 11.5 Å². The minimum absolute atomic E-state index is 0.0438. The Kier molecular flexibility index (Phi) is 11.0. The van der Waals surface area contributed by atoms with E-state index in [1.54, 1.807) is 33.2 Å². The lowest BCUT2D eigenvalue weighted by atomic mass is 10.1. The van der Waals surface area contributed by atoms with Gasteiger partial charge in [0.05, 0.1) is 49.0 Å². The van der Waals surface area contributed by atoms with Crippen LogP contribution in [0.3, 0.4) is 0 Å². The fourth-order valence-corrected chi connectivity index (χ4v) is 6.40. The highest BCUT2D eigenvalue weighted by molar-refractivity contribution is 7.14. The van der Waals surface area contributed by atoms with Crippen LogP contribution in [0.1, 0.15) is 34.3 Å². The first-order valence-electron chi connectivity index (χ1n) is 14.2. The topological polar surface area (TPSA) is 189 Å². The number of nitrogens with one attached hydrogen (secondary N) is 2. The number of carbonyl (C=O) groups is 3. The molecule has 15 heteroatoms. The Morgan fingerprint density at radius 3 is 1.98 bits per heavy atom. The van der Waals surface area contributed by atoms with E-state index >= 15 is 0 Å². The first-order chi connectivity index (χ1) is 22.2. The van der Waals surface area contributed by atoms with Crippen LogP contribution in [0.25, 0.3) is 0 Å². The number of aliphatic hydroxyl groups is 1. The van der Waals surface area contributed by atoms with Gasteiger partial charge in [0.2, 0.25) is 17.7 Å². The van der Waals surface area contributed by atoms with E-state index in [-0.39, 0.29) is 43.5 Å². The van der Waals surface area contributed by atoms with Crippen LogP contribution < -0.4 is 22.1 Å². The van der Waals surface area contributed by atoms with Crippen molar-refractivity contribution >= 4 is 72.8 Å². The van der Waals surface area contributed by atoms with Crippen molar-refractivity contribution in [3.63, 3.8) is 0 Å². The number of hydrogen-bond donors (Lipinski definition) is 5. The average molecular weight is 677 g/mol. The van der Waals surface area contributed by atoms with E-state index in [1.165, 1.54) is 34.0 Å². The molecule has 12 nitrogen and oxygen atoms in total. The Hall–Kier alpha value is -4.70. The van der Waals surface area contributed by atoms with Crippen LogP contribution in [0.4, 0.5) is 21.1 Å². The summed E-state index contributed by atoms with van der Waals surface area (Å²) < 4.78 is 0. The molecular weight excluding hydrogens is 645 g/mol. The van der Waals surface area contributed by atoms with Gasteiger partial charge in [0.1, 0.15) is 0 Å². The molecule has 46 heavy (non-hydrogen) atoms. The minimum atomic E-state index is -0.836. The summed E-state index contributed by atoms with van der Waals surface area (Å²) >= 11 is 3.79. The maximum absolute atomic E-state index is 13.2. The van der Waals surface area contributed by atoms with Gasteiger partial charge in [0, 0.05) is 28.4 Å². The second-order valence-electron chi connectivity index (χ2n) is 10.3. The Bertz CT molecular complexity index is 1770. The second kappa shape index (κ2) is 15.5. The smallest absolute Gasteiger partial charge is 0.232 e. The molecule has 0 saturated carbocycles. The first kappa shape index (κ1) is 32.7. The third kappa shape index (κ3) is 9.65. The molecule has 2 aromatic carbocycles. The van der Waals surface area contributed by atoms with E-state index in [9.17, 15) is 19.5 Å². The number of carbonyl (C=O) groups excluding carboxylic acids is 3. The molecule has 0 bridgehead atoms. The quantitative estimate of drug-likeness (QED) is 0.116. The molecule has 3 aromatic heterocycles. The number of amides is 3. The van der Waals surface area contributed by atoms with E-state index in [2.05, 4.69) is 25.6 Å². The molecule has 0 saturated heterocycles. The van der Waals surface area contributed by atoms with E-state index in [0.717, 1.165) is 11.1 Å². The molecule has 1 atom stereocenters. The van der Waals surface area contributed by atoms with Crippen LogP contribution in [-0.2, 0) is 40.1 Å². The normalized spacial score (nSPS) is 11.6. The van der Waals surface area contributed by atoms with Gasteiger partial charge >= 0.3 is 0 Å². The van der Waals surface area contributed by atoms with Crippen LogP contribution in [0.5, 0.6) is 0 Å². The lowest BCUT2D eigenvalue weighted by Gasteiger charge is -2.25. The van der Waals surface area contributed by atoms with Gasteiger partial charge in [-0.2, -0.15) is 0 Å². The van der Waals surface area contributed by atoms with Gasteiger partial charge in [-0.15, -0.1) is 34.0 Å². The van der Waals surface area contributed by atoms with Gasteiger partial charge < -0.3 is 32.1 Å². The second-order valence-corrected chi connectivity index (χ2v) is 13.0. The maximum Gasteiger partial charge on any atom is 0.232 e. The van der Waals surface area contributed by atoms with Gasteiger partial charge in [-0.3, -0.25) is 14.4 Å². The highest BCUT2D eigenvalue weighted by Gasteiger charge is 2.20. The molecule has 0 spiro atoms. The largest absolute Gasteiger partial charge is 0.387 e. The molecule has 0 fully saturated rings. The Morgan fingerprint density at radius 1 is 0.761 bits per heavy atom. The summed E-state index contributed by atoms with van der Waals surface area (Å²) in [6.07, 6.45) is -0.0661. The van der Waals surface area contributed by atoms with E-state index < -0.39 is 6.10 Å². The Labute approximate surface area is 277 Å². The summed E-state index contributed by atoms with van der Waals surface area (Å²) in [5, 5.41) is 22.9. The first-order valence-corrected chi connectivity index (χ1v) is 16.9. The number of nitrogens with two attached hydrogens (primary N) is 2. The maximum atomic E-state index is 13.2. The van der Waals surface area contributed by atoms with Crippen LogP contribution in [-0.4, -0.2) is 55.8 Å². The van der Waals surface area contributed by atoms with Crippen molar-refractivity contribution in [2.75, 3.05) is 35.2 Å². The van der Waals surface area contributed by atoms with Crippen LogP contribution >= 0.6 is 34.0 Å². The van der Waals surface area contributed by atoms with Crippen molar-refractivity contribution in [1.29, 1.82) is 0 Å². The van der Waals surface area contributed by atoms with Crippen molar-refractivity contribution < 1.29 is 19.5 Å². The molecule has 5 aromatic rings. The number of thiazole rings is 3. The van der Waals surface area contributed by atoms with Crippen LogP contribution in [0.15, 0.2) is 70.7 Å². The summed E-state index contributed by atoms with van der Waals surface area (Å²) in [5.74, 6) is -0.665. The fourth-order valence-electron chi connectivity index (χ4n) is 4.54. The van der Waals surface area contributed by atoms with Gasteiger partial charge in [0.15, 0.2) is 15.4 Å². The Morgan fingerprint density at radius 2 is 1.35 bits per heavy atom. The van der Waals surface area contributed by atoms with E-state index in [1.807, 2.05) is 42.5 Å². The summed E-state index contributed by atoms with van der Waals surface area (Å²) in [7, 11) is 0. The monoisotopic (exact) mass is 676 g/mol. The van der Waals surface area contributed by atoms with Gasteiger partial charge in [-0.25, -0.2) is 15.0 Å². The minimum Gasteiger partial charge on any atom is -0.387 e. The summed E-state index contributed by atoms with van der Waals surface area (Å²) in [5.41, 5.74) is 15.4. The Balaban J connectivity index is 1.12. The van der Waals surface area contributed by atoms with Crippen molar-refractivity contribution in [2.45, 2.75) is 31.8 Å². The number of aliphatic hydroxyl groups excluding tert-OH is 1. The van der Waals surface area contributed by atoms with E-state index in [0.29, 0.717) is 51.1 Å². The van der Waals surface area contributed by atoms with Crippen molar-refractivity contribution in [2.24, 2.45) is 0 Å². The number of rotatable bonds is 14. The number of benzene rings is 2. The highest BCUT2D eigenvalue weighted by Crippen LogP contribution is 2.20. The number of nitrogen functional groups attached to an aromatic ring is 2. The molecule has 0 aliphatic heterocycles. The lowest BCUT2D eigenvalue weighted by Crippen LogP contribution is -2.37. The van der Waals surface area contributed by atoms with Gasteiger partial charge in [0.25, 0.3) is 0 Å². The third-order valence-corrected chi connectivity index (χ3v) is 9.04. The third-order valence-electron chi connectivity index (χ3n) is 6.79. The van der Waals surface area contributed by atoms with Gasteiger partial charge in [-0.1, -0.05) is 42.5 Å². The summed E-state index contributed by atoms with van der Waals surface area (Å²) in [6.45, 7) is 0.522. The number of anilines is 4. The standard InChI is InChI=1S/C31H32N8O4S3/c32-29-35-22(16-44-29)12-27(42)38-31-37-23(18-46-31)13-26(41)34-21-8-6-19(7-9-21)10-11-39(15-25(40)20-4-2-1-3-5-20)28(43)14-24-17-45-30(33)36-24/h1-9,16-18,25,40H,10-15H2,(H2,32,35)(H2,33,36)(H,34,41)(H,37,38,42)/t25-/m0/s1. The average Bonchev–Trinajstić information content (AvgIpc) is 3.77. The predicted molar refractivity (Wildman–Crippen MR) is 182 cm³/mol. The molecule has 3 heterocycles. The zero-order valence-electron chi connectivity index (χ0n) is 24.6.